The highest BCUT2D eigenvalue weighted by atomic mass is 32.2. The summed E-state index contributed by atoms with van der Waals surface area (Å²) in [7, 11) is -3.42. The van der Waals surface area contributed by atoms with Gasteiger partial charge in [0.15, 0.2) is 0 Å². The monoisotopic (exact) mass is 428 g/mol. The number of rotatable bonds is 7. The van der Waals surface area contributed by atoms with E-state index in [0.29, 0.717) is 44.8 Å². The number of hydrogen-bond donors (Lipinski definition) is 1. The first-order valence-electron chi connectivity index (χ1n) is 11.7. The van der Waals surface area contributed by atoms with Crippen molar-refractivity contribution in [3.63, 3.8) is 0 Å². The number of nitrogens with one attached hydrogen (secondary N) is 1. The van der Waals surface area contributed by atoms with Crippen molar-refractivity contribution in [2.75, 3.05) is 39.3 Å². The van der Waals surface area contributed by atoms with Crippen LogP contribution in [0, 0.1) is 5.92 Å². The van der Waals surface area contributed by atoms with Gasteiger partial charge in [0.25, 0.3) is 10.2 Å². The number of piperidine rings is 3. The summed E-state index contributed by atoms with van der Waals surface area (Å²) < 4.78 is 29.0. The molecule has 0 bridgehead atoms. The Kier molecular flexibility index (Phi) is 8.36. The Balaban J connectivity index is 1.43. The largest absolute Gasteiger partial charge is 0.356 e. The molecule has 3 rings (SSSR count). The standard InChI is InChI=1S/C21H40N4O3S/c1-18-9-6-10-19(2)25(18)16-8-12-22-21(26)20-11-7-15-24(17-20)29(27,28)23-13-4-3-5-14-23/h18-20H,3-17H2,1-2H3,(H,22,26)/t18-,19-,20-/m1/s1. The van der Waals surface area contributed by atoms with Gasteiger partial charge in [0, 0.05) is 51.4 Å². The molecule has 0 aliphatic carbocycles. The summed E-state index contributed by atoms with van der Waals surface area (Å²) in [5.41, 5.74) is 0. The number of carbonyl (C=O) groups is 1. The molecule has 8 heteroatoms. The molecule has 0 aromatic rings. The lowest BCUT2D eigenvalue weighted by molar-refractivity contribution is -0.126. The van der Waals surface area contributed by atoms with E-state index in [1.165, 1.54) is 19.3 Å². The van der Waals surface area contributed by atoms with Crippen LogP contribution in [0.4, 0.5) is 0 Å². The summed E-state index contributed by atoms with van der Waals surface area (Å²) in [5.74, 6) is -0.209. The van der Waals surface area contributed by atoms with Crippen LogP contribution >= 0.6 is 0 Å². The Morgan fingerprint density at radius 1 is 0.897 bits per heavy atom. The Morgan fingerprint density at radius 2 is 1.55 bits per heavy atom. The molecule has 0 saturated carbocycles. The van der Waals surface area contributed by atoms with Gasteiger partial charge in [-0.1, -0.05) is 12.8 Å². The van der Waals surface area contributed by atoms with E-state index in [1.807, 2.05) is 0 Å². The topological polar surface area (TPSA) is 73.0 Å². The van der Waals surface area contributed by atoms with Crippen LogP contribution in [-0.2, 0) is 15.0 Å². The summed E-state index contributed by atoms with van der Waals surface area (Å²) in [6.07, 6.45) is 9.30. The maximum Gasteiger partial charge on any atom is 0.281 e. The molecule has 29 heavy (non-hydrogen) atoms. The van der Waals surface area contributed by atoms with Gasteiger partial charge in [-0.3, -0.25) is 9.69 Å². The molecular weight excluding hydrogens is 388 g/mol. The van der Waals surface area contributed by atoms with Crippen molar-refractivity contribution in [1.29, 1.82) is 0 Å². The second-order valence-corrected chi connectivity index (χ2v) is 11.1. The van der Waals surface area contributed by atoms with Crippen molar-refractivity contribution in [1.82, 2.24) is 18.8 Å². The van der Waals surface area contributed by atoms with Crippen molar-refractivity contribution in [2.24, 2.45) is 5.92 Å². The molecule has 1 N–H and O–H groups in total. The summed E-state index contributed by atoms with van der Waals surface area (Å²) in [4.78, 5) is 15.2. The van der Waals surface area contributed by atoms with E-state index < -0.39 is 10.2 Å². The molecule has 3 saturated heterocycles. The fourth-order valence-electron chi connectivity index (χ4n) is 5.16. The molecule has 3 atom stereocenters. The van der Waals surface area contributed by atoms with Crippen LogP contribution in [0.15, 0.2) is 0 Å². The van der Waals surface area contributed by atoms with E-state index in [1.54, 1.807) is 8.61 Å². The van der Waals surface area contributed by atoms with Gasteiger partial charge in [-0.15, -0.1) is 0 Å². The molecule has 0 radical (unpaired) electrons. The van der Waals surface area contributed by atoms with Crippen molar-refractivity contribution >= 4 is 16.1 Å². The SMILES string of the molecule is C[C@@H]1CCC[C@@H](C)N1CCCNC(=O)[C@@H]1CCCN(S(=O)(=O)N2CCCCC2)C1. The summed E-state index contributed by atoms with van der Waals surface area (Å²) in [5, 5.41) is 3.07. The fraction of sp³-hybridized carbons (Fsp3) is 0.952. The average Bonchev–Trinajstić information content (AvgIpc) is 2.73. The minimum Gasteiger partial charge on any atom is -0.356 e. The third-order valence-electron chi connectivity index (χ3n) is 6.99. The van der Waals surface area contributed by atoms with Crippen LogP contribution in [0.5, 0.6) is 0 Å². The molecule has 0 unspecified atom stereocenters. The smallest absolute Gasteiger partial charge is 0.281 e. The van der Waals surface area contributed by atoms with Crippen LogP contribution in [0.1, 0.15) is 71.6 Å². The van der Waals surface area contributed by atoms with Gasteiger partial charge < -0.3 is 5.32 Å². The zero-order chi connectivity index (χ0) is 20.9. The minimum atomic E-state index is -3.42. The quantitative estimate of drug-likeness (QED) is 0.631. The fourth-order valence-corrected chi connectivity index (χ4v) is 6.93. The van der Waals surface area contributed by atoms with Crippen LogP contribution in [0.25, 0.3) is 0 Å². The lowest BCUT2D eigenvalue weighted by atomic mass is 9.97. The molecule has 3 fully saturated rings. The van der Waals surface area contributed by atoms with Gasteiger partial charge in [0.2, 0.25) is 5.91 Å². The number of hydrogen-bond acceptors (Lipinski definition) is 4. The zero-order valence-electron chi connectivity index (χ0n) is 18.3. The van der Waals surface area contributed by atoms with Gasteiger partial charge in [0.05, 0.1) is 5.92 Å². The highest BCUT2D eigenvalue weighted by molar-refractivity contribution is 7.86. The van der Waals surface area contributed by atoms with E-state index in [4.69, 9.17) is 0 Å². The maximum atomic E-state index is 12.9. The van der Waals surface area contributed by atoms with Gasteiger partial charge in [-0.05, 0) is 58.8 Å². The Morgan fingerprint density at radius 3 is 2.24 bits per heavy atom. The molecular formula is C21H40N4O3S. The van der Waals surface area contributed by atoms with Gasteiger partial charge >= 0.3 is 0 Å². The summed E-state index contributed by atoms with van der Waals surface area (Å²) >= 11 is 0. The number of likely N-dealkylation sites (tertiary alicyclic amines) is 1. The van der Waals surface area contributed by atoms with Gasteiger partial charge in [-0.2, -0.15) is 17.0 Å². The zero-order valence-corrected chi connectivity index (χ0v) is 19.1. The van der Waals surface area contributed by atoms with Crippen LogP contribution in [0.3, 0.4) is 0 Å². The molecule has 0 aromatic carbocycles. The molecule has 0 spiro atoms. The molecule has 0 aromatic heterocycles. The van der Waals surface area contributed by atoms with Crippen LogP contribution < -0.4 is 5.32 Å². The molecule has 7 nitrogen and oxygen atoms in total. The Labute approximate surface area is 177 Å². The van der Waals surface area contributed by atoms with Crippen LogP contribution in [-0.4, -0.2) is 79.2 Å². The average molecular weight is 429 g/mol. The second kappa shape index (κ2) is 10.6. The van der Waals surface area contributed by atoms with Crippen molar-refractivity contribution in [3.8, 4) is 0 Å². The predicted molar refractivity (Wildman–Crippen MR) is 116 cm³/mol. The Bertz CT molecular complexity index is 626. The number of carbonyl (C=O) groups excluding carboxylic acids is 1. The third-order valence-corrected chi connectivity index (χ3v) is 8.99. The highest BCUT2D eigenvalue weighted by Crippen LogP contribution is 2.24. The van der Waals surface area contributed by atoms with E-state index in [9.17, 15) is 13.2 Å². The molecule has 3 heterocycles. The predicted octanol–water partition coefficient (Wildman–Crippen LogP) is 2.20. The van der Waals surface area contributed by atoms with Gasteiger partial charge in [0.1, 0.15) is 0 Å². The number of nitrogens with zero attached hydrogens (tertiary/aromatic N) is 3. The van der Waals surface area contributed by atoms with Crippen molar-refractivity contribution < 1.29 is 13.2 Å². The first kappa shape index (κ1) is 23.0. The highest BCUT2D eigenvalue weighted by Gasteiger charge is 2.36. The number of amides is 1. The maximum absolute atomic E-state index is 12.9. The van der Waals surface area contributed by atoms with E-state index >= 15 is 0 Å². The third kappa shape index (κ3) is 5.93. The van der Waals surface area contributed by atoms with E-state index in [2.05, 4.69) is 24.1 Å². The van der Waals surface area contributed by atoms with E-state index in [-0.39, 0.29) is 11.8 Å². The molecule has 3 aliphatic rings. The minimum absolute atomic E-state index is 0.0169. The van der Waals surface area contributed by atoms with Crippen molar-refractivity contribution in [3.05, 3.63) is 0 Å². The van der Waals surface area contributed by atoms with E-state index in [0.717, 1.165) is 45.1 Å². The summed E-state index contributed by atoms with van der Waals surface area (Å²) in [6.45, 7) is 8.37. The molecule has 168 valence electrons. The van der Waals surface area contributed by atoms with Gasteiger partial charge in [-0.25, -0.2) is 0 Å². The van der Waals surface area contributed by atoms with Crippen molar-refractivity contribution in [2.45, 2.75) is 83.7 Å². The lowest BCUT2D eigenvalue weighted by Crippen LogP contribution is -2.51. The molecule has 1 amide bonds. The second-order valence-electron chi connectivity index (χ2n) is 9.18. The first-order valence-corrected chi connectivity index (χ1v) is 13.1. The first-order chi connectivity index (χ1) is 13.9. The normalized spacial score (nSPS) is 30.9. The van der Waals surface area contributed by atoms with Crippen LogP contribution in [0.2, 0.25) is 0 Å². The lowest BCUT2D eigenvalue weighted by Gasteiger charge is -2.39. The Hall–Kier alpha value is -0.700. The summed E-state index contributed by atoms with van der Waals surface area (Å²) in [6, 6.07) is 1.25. The molecule has 3 aliphatic heterocycles.